The first-order valence-corrected chi connectivity index (χ1v) is 8.77. The van der Waals surface area contributed by atoms with E-state index in [2.05, 4.69) is 13.8 Å². The largest absolute Gasteiger partial charge is 0.465 e. The van der Waals surface area contributed by atoms with Gasteiger partial charge in [-0.1, -0.05) is 20.3 Å². The molecule has 1 saturated carbocycles. The molecule has 128 valence electrons. The number of ether oxygens (including phenoxy) is 2. The molecule has 0 atom stereocenters. The Bertz CT molecular complexity index is 341. The predicted octanol–water partition coefficient (Wildman–Crippen LogP) is 4.11. The van der Waals surface area contributed by atoms with E-state index in [9.17, 15) is 9.59 Å². The molecule has 1 rings (SSSR count). The van der Waals surface area contributed by atoms with Crippen LogP contribution in [0.2, 0.25) is 0 Å². The van der Waals surface area contributed by atoms with E-state index in [1.54, 1.807) is 0 Å². The molecule has 0 N–H and O–H groups in total. The van der Waals surface area contributed by atoms with Gasteiger partial charge in [-0.3, -0.25) is 9.59 Å². The molecule has 0 amide bonds. The Labute approximate surface area is 134 Å². The molecule has 22 heavy (non-hydrogen) atoms. The molecule has 0 aliphatic heterocycles. The van der Waals surface area contributed by atoms with Crippen LogP contribution in [-0.2, 0) is 19.1 Å². The van der Waals surface area contributed by atoms with E-state index < -0.39 is 0 Å². The summed E-state index contributed by atoms with van der Waals surface area (Å²) < 4.78 is 10.6. The number of hydrogen-bond acceptors (Lipinski definition) is 4. The Hall–Kier alpha value is -1.06. The lowest BCUT2D eigenvalue weighted by Crippen LogP contribution is -2.29. The molecule has 0 saturated heterocycles. The van der Waals surface area contributed by atoms with Crippen molar-refractivity contribution in [3.05, 3.63) is 0 Å². The number of rotatable bonds is 8. The zero-order chi connectivity index (χ0) is 16.5. The van der Waals surface area contributed by atoms with Crippen molar-refractivity contribution in [2.24, 2.45) is 17.8 Å². The molecule has 0 radical (unpaired) electrons. The van der Waals surface area contributed by atoms with Gasteiger partial charge in [0.25, 0.3) is 0 Å². The molecule has 0 heterocycles. The maximum atomic E-state index is 12.0. The van der Waals surface area contributed by atoms with Crippen molar-refractivity contribution in [2.75, 3.05) is 6.61 Å². The van der Waals surface area contributed by atoms with Crippen LogP contribution in [0.25, 0.3) is 0 Å². The highest BCUT2D eigenvalue weighted by Crippen LogP contribution is 2.30. The fourth-order valence-electron chi connectivity index (χ4n) is 2.84. The smallest absolute Gasteiger partial charge is 0.309 e. The summed E-state index contributed by atoms with van der Waals surface area (Å²) >= 11 is 0. The molecule has 0 aromatic heterocycles. The van der Waals surface area contributed by atoms with E-state index in [0.717, 1.165) is 38.5 Å². The second-order valence-electron chi connectivity index (χ2n) is 7.09. The first-order chi connectivity index (χ1) is 10.4. The van der Waals surface area contributed by atoms with Gasteiger partial charge in [0.15, 0.2) is 0 Å². The van der Waals surface area contributed by atoms with Crippen molar-refractivity contribution in [3.8, 4) is 0 Å². The number of esters is 2. The number of carbonyl (C=O) groups excluding carboxylic acids is 2. The Morgan fingerprint density at radius 3 is 1.95 bits per heavy atom. The van der Waals surface area contributed by atoms with Crippen molar-refractivity contribution in [3.63, 3.8) is 0 Å². The third-order valence-corrected chi connectivity index (χ3v) is 4.17. The second kappa shape index (κ2) is 9.86. The van der Waals surface area contributed by atoms with Crippen LogP contribution in [0.5, 0.6) is 0 Å². The van der Waals surface area contributed by atoms with E-state index in [-0.39, 0.29) is 29.9 Å². The van der Waals surface area contributed by atoms with Crippen LogP contribution >= 0.6 is 0 Å². The summed E-state index contributed by atoms with van der Waals surface area (Å²) in [5, 5.41) is 0. The second-order valence-corrected chi connectivity index (χ2v) is 7.09. The standard InChI is InChI=1S/C18H32O4/c1-13(2)7-5-6-12-21-17(19)15-8-10-16(11-9-15)18(20)22-14(3)4/h13-16H,5-12H2,1-4H3. The van der Waals surface area contributed by atoms with E-state index in [1.165, 1.54) is 6.42 Å². The minimum absolute atomic E-state index is 0.0341. The lowest BCUT2D eigenvalue weighted by Gasteiger charge is -2.26. The van der Waals surface area contributed by atoms with Gasteiger partial charge >= 0.3 is 11.9 Å². The Balaban J connectivity index is 2.18. The van der Waals surface area contributed by atoms with Gasteiger partial charge in [0.05, 0.1) is 24.5 Å². The summed E-state index contributed by atoms with van der Waals surface area (Å²) in [5.74, 6) is 0.429. The molecule has 4 nitrogen and oxygen atoms in total. The van der Waals surface area contributed by atoms with Crippen LogP contribution in [0.1, 0.15) is 72.6 Å². The maximum absolute atomic E-state index is 12.0. The van der Waals surface area contributed by atoms with Gasteiger partial charge in [-0.15, -0.1) is 0 Å². The van der Waals surface area contributed by atoms with Gasteiger partial charge < -0.3 is 9.47 Å². The zero-order valence-corrected chi connectivity index (χ0v) is 14.6. The average Bonchev–Trinajstić information content (AvgIpc) is 2.45. The maximum Gasteiger partial charge on any atom is 0.309 e. The topological polar surface area (TPSA) is 52.6 Å². The Kier molecular flexibility index (Phi) is 8.51. The van der Waals surface area contributed by atoms with Crippen molar-refractivity contribution >= 4 is 11.9 Å². The fraction of sp³-hybridized carbons (Fsp3) is 0.889. The van der Waals surface area contributed by atoms with E-state index >= 15 is 0 Å². The molecular weight excluding hydrogens is 280 g/mol. The molecule has 1 aliphatic carbocycles. The van der Waals surface area contributed by atoms with Crippen molar-refractivity contribution in [2.45, 2.75) is 78.7 Å². The number of hydrogen-bond donors (Lipinski definition) is 0. The lowest BCUT2D eigenvalue weighted by molar-refractivity contribution is -0.157. The first-order valence-electron chi connectivity index (χ1n) is 8.77. The van der Waals surface area contributed by atoms with Gasteiger partial charge in [0.2, 0.25) is 0 Å². The highest BCUT2D eigenvalue weighted by molar-refractivity contribution is 5.75. The van der Waals surface area contributed by atoms with Crippen molar-refractivity contribution in [1.82, 2.24) is 0 Å². The summed E-state index contributed by atoms with van der Waals surface area (Å²) in [5.41, 5.74) is 0. The minimum atomic E-state index is -0.115. The zero-order valence-electron chi connectivity index (χ0n) is 14.6. The summed E-state index contributed by atoms with van der Waals surface area (Å²) in [4.78, 5) is 23.9. The van der Waals surface area contributed by atoms with Crippen LogP contribution in [0.4, 0.5) is 0 Å². The number of carbonyl (C=O) groups is 2. The molecule has 0 spiro atoms. The minimum Gasteiger partial charge on any atom is -0.465 e. The molecule has 0 aromatic rings. The third kappa shape index (κ3) is 7.28. The van der Waals surface area contributed by atoms with Crippen LogP contribution in [-0.4, -0.2) is 24.6 Å². The third-order valence-electron chi connectivity index (χ3n) is 4.17. The molecule has 0 aromatic carbocycles. The highest BCUT2D eigenvalue weighted by Gasteiger charge is 2.31. The highest BCUT2D eigenvalue weighted by atomic mass is 16.5. The summed E-state index contributed by atoms with van der Waals surface area (Å²) in [6.45, 7) is 8.66. The summed E-state index contributed by atoms with van der Waals surface area (Å²) in [6, 6.07) is 0. The summed E-state index contributed by atoms with van der Waals surface area (Å²) in [7, 11) is 0. The normalized spacial score (nSPS) is 21.9. The SMILES string of the molecule is CC(C)CCCCOC(=O)C1CCC(C(=O)OC(C)C)CC1. The van der Waals surface area contributed by atoms with Crippen LogP contribution < -0.4 is 0 Å². The Morgan fingerprint density at radius 1 is 0.909 bits per heavy atom. The van der Waals surface area contributed by atoms with E-state index in [4.69, 9.17) is 9.47 Å². The van der Waals surface area contributed by atoms with Crippen LogP contribution in [0, 0.1) is 17.8 Å². The quantitative estimate of drug-likeness (QED) is 0.500. The molecule has 4 heteroatoms. The predicted molar refractivity (Wildman–Crippen MR) is 86.3 cm³/mol. The van der Waals surface area contributed by atoms with Gasteiger partial charge in [-0.2, -0.15) is 0 Å². The van der Waals surface area contributed by atoms with Gasteiger partial charge in [0, 0.05) is 0 Å². The Morgan fingerprint density at radius 2 is 1.45 bits per heavy atom. The fourth-order valence-corrected chi connectivity index (χ4v) is 2.84. The molecule has 0 bridgehead atoms. The lowest BCUT2D eigenvalue weighted by atomic mass is 9.82. The number of unbranched alkanes of at least 4 members (excludes halogenated alkanes) is 1. The van der Waals surface area contributed by atoms with Crippen LogP contribution in [0.3, 0.4) is 0 Å². The van der Waals surface area contributed by atoms with Gasteiger partial charge in [-0.05, 0) is 58.3 Å². The molecule has 0 unspecified atom stereocenters. The van der Waals surface area contributed by atoms with E-state index in [0.29, 0.717) is 12.5 Å². The van der Waals surface area contributed by atoms with Crippen molar-refractivity contribution in [1.29, 1.82) is 0 Å². The van der Waals surface area contributed by atoms with Crippen molar-refractivity contribution < 1.29 is 19.1 Å². The van der Waals surface area contributed by atoms with Gasteiger partial charge in [0.1, 0.15) is 0 Å². The first kappa shape index (κ1) is 19.0. The molecule has 1 fully saturated rings. The average molecular weight is 312 g/mol. The van der Waals surface area contributed by atoms with E-state index in [1.807, 2.05) is 13.8 Å². The molecule has 1 aliphatic rings. The molecular formula is C18H32O4. The van der Waals surface area contributed by atoms with Gasteiger partial charge in [-0.25, -0.2) is 0 Å². The monoisotopic (exact) mass is 312 g/mol. The summed E-state index contributed by atoms with van der Waals surface area (Å²) in [6.07, 6.45) is 6.11. The van der Waals surface area contributed by atoms with Crippen LogP contribution in [0.15, 0.2) is 0 Å².